The van der Waals surface area contributed by atoms with Gasteiger partial charge in [0.2, 0.25) is 0 Å². The van der Waals surface area contributed by atoms with Crippen LogP contribution in [0.1, 0.15) is 30.4 Å². The number of hydrogen-bond acceptors (Lipinski definition) is 0. The molecule has 0 aliphatic heterocycles. The summed E-state index contributed by atoms with van der Waals surface area (Å²) < 4.78 is 39.0. The predicted molar refractivity (Wildman–Crippen MR) is 69.5 cm³/mol. The van der Waals surface area contributed by atoms with Crippen LogP contribution in [-0.2, 0) is 6.42 Å². The Bertz CT molecular complexity index is 526. The van der Waals surface area contributed by atoms with Crippen LogP contribution in [0.25, 0.3) is 0 Å². The Kier molecular flexibility index (Phi) is 4.25. The Hall–Kier alpha value is -1.77. The molecule has 0 saturated heterocycles. The lowest BCUT2D eigenvalue weighted by molar-refractivity contribution is 0.444. The van der Waals surface area contributed by atoms with Crippen molar-refractivity contribution in [2.24, 2.45) is 0 Å². The third kappa shape index (κ3) is 3.37. The summed E-state index contributed by atoms with van der Waals surface area (Å²) in [5.41, 5.74) is 1.67. The van der Waals surface area contributed by atoms with Crippen LogP contribution >= 0.6 is 0 Å². The summed E-state index contributed by atoms with van der Waals surface area (Å²) in [4.78, 5) is 0. The minimum absolute atomic E-state index is 0.289. The molecule has 0 bridgehead atoms. The molecule has 2 aromatic rings. The monoisotopic (exact) mass is 264 g/mol. The fourth-order valence-corrected chi connectivity index (χ4v) is 2.08. The van der Waals surface area contributed by atoms with Gasteiger partial charge < -0.3 is 0 Å². The van der Waals surface area contributed by atoms with Crippen LogP contribution in [0.5, 0.6) is 0 Å². The van der Waals surface area contributed by atoms with Gasteiger partial charge in [0.15, 0.2) is 17.5 Å². The van der Waals surface area contributed by atoms with E-state index in [4.69, 9.17) is 0 Å². The van der Waals surface area contributed by atoms with Crippen molar-refractivity contribution in [3.8, 4) is 0 Å². The first-order valence-electron chi connectivity index (χ1n) is 6.26. The first kappa shape index (κ1) is 13.7. The van der Waals surface area contributed by atoms with Crippen molar-refractivity contribution >= 4 is 0 Å². The van der Waals surface area contributed by atoms with Gasteiger partial charge in [-0.2, -0.15) is 0 Å². The zero-order valence-electron chi connectivity index (χ0n) is 10.7. The molecule has 0 N–H and O–H groups in total. The average Bonchev–Trinajstić information content (AvgIpc) is 2.43. The lowest BCUT2D eigenvalue weighted by atomic mass is 9.94. The van der Waals surface area contributed by atoms with Crippen LogP contribution in [-0.4, -0.2) is 0 Å². The second kappa shape index (κ2) is 5.91. The maximum atomic E-state index is 13.1. The molecule has 0 spiro atoms. The lowest BCUT2D eigenvalue weighted by Gasteiger charge is -2.12. The van der Waals surface area contributed by atoms with E-state index in [0.717, 1.165) is 18.6 Å². The maximum Gasteiger partial charge on any atom is 0.194 e. The van der Waals surface area contributed by atoms with Gasteiger partial charge in [0.1, 0.15) is 0 Å². The average molecular weight is 264 g/mol. The highest BCUT2D eigenvalue weighted by Crippen LogP contribution is 2.22. The van der Waals surface area contributed by atoms with Crippen molar-refractivity contribution in [1.82, 2.24) is 0 Å². The molecule has 0 radical (unpaired) electrons. The second-order valence-electron chi connectivity index (χ2n) is 4.72. The largest absolute Gasteiger partial charge is 0.204 e. The van der Waals surface area contributed by atoms with Crippen LogP contribution in [0, 0.1) is 17.5 Å². The van der Waals surface area contributed by atoms with E-state index in [0.29, 0.717) is 12.0 Å². The Labute approximate surface area is 110 Å². The first-order chi connectivity index (χ1) is 9.08. The molecule has 0 fully saturated rings. The van der Waals surface area contributed by atoms with Crippen molar-refractivity contribution < 1.29 is 13.2 Å². The molecule has 0 heterocycles. The van der Waals surface area contributed by atoms with Gasteiger partial charge in [0.25, 0.3) is 0 Å². The molecule has 2 rings (SSSR count). The van der Waals surface area contributed by atoms with E-state index in [1.54, 1.807) is 0 Å². The zero-order valence-corrected chi connectivity index (χ0v) is 10.7. The molecule has 0 aliphatic carbocycles. The molecule has 2 aromatic carbocycles. The van der Waals surface area contributed by atoms with Gasteiger partial charge in [-0.15, -0.1) is 0 Å². The van der Waals surface area contributed by atoms with Gasteiger partial charge >= 0.3 is 0 Å². The molecule has 1 atom stereocenters. The molecule has 0 aliphatic rings. The van der Waals surface area contributed by atoms with Gasteiger partial charge in [0, 0.05) is 0 Å². The second-order valence-corrected chi connectivity index (χ2v) is 4.72. The van der Waals surface area contributed by atoms with E-state index in [1.165, 1.54) is 5.56 Å². The molecule has 0 aromatic heterocycles. The van der Waals surface area contributed by atoms with E-state index in [9.17, 15) is 13.2 Å². The summed E-state index contributed by atoms with van der Waals surface area (Å²) in [5.74, 6) is -3.36. The van der Waals surface area contributed by atoms with Gasteiger partial charge in [-0.05, 0) is 42.0 Å². The third-order valence-electron chi connectivity index (χ3n) is 3.28. The van der Waals surface area contributed by atoms with E-state index >= 15 is 0 Å². The van der Waals surface area contributed by atoms with Crippen LogP contribution < -0.4 is 0 Å². The van der Waals surface area contributed by atoms with E-state index in [2.05, 4.69) is 6.92 Å². The summed E-state index contributed by atoms with van der Waals surface area (Å²) in [6, 6.07) is 12.0. The van der Waals surface area contributed by atoms with Gasteiger partial charge in [-0.25, -0.2) is 13.2 Å². The standard InChI is InChI=1S/C16H15F3/c1-11(13-5-3-2-4-6-13)7-8-12-9-14(17)16(19)15(18)10-12/h2-6,9-11H,7-8H2,1H3. The van der Waals surface area contributed by atoms with Crippen LogP contribution in [0.2, 0.25) is 0 Å². The maximum absolute atomic E-state index is 13.1. The molecule has 0 nitrogen and oxygen atoms in total. The van der Waals surface area contributed by atoms with Crippen LogP contribution in [0.15, 0.2) is 42.5 Å². The number of halogens is 3. The number of rotatable bonds is 4. The van der Waals surface area contributed by atoms with E-state index in [1.807, 2.05) is 30.3 Å². The highest BCUT2D eigenvalue weighted by Gasteiger charge is 2.11. The Balaban J connectivity index is 2.03. The van der Waals surface area contributed by atoms with Gasteiger partial charge in [-0.3, -0.25) is 0 Å². The molecule has 1 unspecified atom stereocenters. The van der Waals surface area contributed by atoms with Crippen molar-refractivity contribution in [2.45, 2.75) is 25.7 Å². The summed E-state index contributed by atoms with van der Waals surface area (Å²) in [5, 5.41) is 0. The predicted octanol–water partition coefficient (Wildman–Crippen LogP) is 4.84. The van der Waals surface area contributed by atoms with Crippen molar-refractivity contribution in [2.75, 3.05) is 0 Å². The fourth-order valence-electron chi connectivity index (χ4n) is 2.08. The van der Waals surface area contributed by atoms with Gasteiger partial charge in [0.05, 0.1) is 0 Å². The lowest BCUT2D eigenvalue weighted by Crippen LogP contribution is -1.99. The minimum Gasteiger partial charge on any atom is -0.204 e. The smallest absolute Gasteiger partial charge is 0.194 e. The Morgan fingerprint density at radius 1 is 0.947 bits per heavy atom. The van der Waals surface area contributed by atoms with Gasteiger partial charge in [-0.1, -0.05) is 37.3 Å². The van der Waals surface area contributed by atoms with Crippen molar-refractivity contribution in [3.63, 3.8) is 0 Å². The van der Waals surface area contributed by atoms with Crippen molar-refractivity contribution in [1.29, 1.82) is 0 Å². The molecule has 0 amide bonds. The quantitative estimate of drug-likeness (QED) is 0.693. The highest BCUT2D eigenvalue weighted by atomic mass is 19.2. The normalized spacial score (nSPS) is 12.4. The first-order valence-corrected chi connectivity index (χ1v) is 6.26. The van der Waals surface area contributed by atoms with Crippen molar-refractivity contribution in [3.05, 3.63) is 71.0 Å². The Morgan fingerprint density at radius 2 is 1.53 bits per heavy atom. The third-order valence-corrected chi connectivity index (χ3v) is 3.28. The number of aryl methyl sites for hydroxylation is 1. The number of benzene rings is 2. The Morgan fingerprint density at radius 3 is 2.11 bits per heavy atom. The molecule has 3 heteroatoms. The number of hydrogen-bond donors (Lipinski definition) is 0. The summed E-state index contributed by atoms with van der Waals surface area (Å²) >= 11 is 0. The highest BCUT2D eigenvalue weighted by molar-refractivity contribution is 5.22. The summed E-state index contributed by atoms with van der Waals surface area (Å²) in [6.45, 7) is 2.06. The van der Waals surface area contributed by atoms with E-state index in [-0.39, 0.29) is 5.92 Å². The van der Waals surface area contributed by atoms with Crippen LogP contribution in [0.3, 0.4) is 0 Å². The van der Waals surface area contributed by atoms with Crippen LogP contribution in [0.4, 0.5) is 13.2 Å². The molecule has 19 heavy (non-hydrogen) atoms. The minimum atomic E-state index is -1.40. The molecule has 0 saturated carbocycles. The summed E-state index contributed by atoms with van der Waals surface area (Å²) in [7, 11) is 0. The SMILES string of the molecule is CC(CCc1cc(F)c(F)c(F)c1)c1ccccc1. The molecular weight excluding hydrogens is 249 g/mol. The topological polar surface area (TPSA) is 0 Å². The zero-order chi connectivity index (χ0) is 13.8. The van der Waals surface area contributed by atoms with E-state index < -0.39 is 17.5 Å². The molecular formula is C16H15F3. The molecule has 100 valence electrons. The summed E-state index contributed by atoms with van der Waals surface area (Å²) in [6.07, 6.45) is 1.28. The fraction of sp³-hybridized carbons (Fsp3) is 0.250.